The molecular formula is C21H31IN4OS. The van der Waals surface area contributed by atoms with Crippen LogP contribution in [-0.4, -0.2) is 38.7 Å². The summed E-state index contributed by atoms with van der Waals surface area (Å²) in [6.45, 7) is 5.49. The van der Waals surface area contributed by atoms with Gasteiger partial charge in [0.15, 0.2) is 5.96 Å². The van der Waals surface area contributed by atoms with Gasteiger partial charge in [0.05, 0.1) is 12.1 Å². The number of aliphatic imine (C=N–C) groups is 1. The lowest BCUT2D eigenvalue weighted by Crippen LogP contribution is -2.46. The number of nitrogens with zero attached hydrogens (tertiary/aromatic N) is 2. The van der Waals surface area contributed by atoms with E-state index in [1.165, 1.54) is 0 Å². The van der Waals surface area contributed by atoms with Crippen LogP contribution in [-0.2, 0) is 17.3 Å². The Morgan fingerprint density at radius 1 is 1.25 bits per heavy atom. The molecule has 7 heteroatoms. The molecule has 28 heavy (non-hydrogen) atoms. The Labute approximate surface area is 187 Å². The number of pyridine rings is 1. The Morgan fingerprint density at radius 3 is 2.86 bits per heavy atom. The maximum atomic E-state index is 12.2. The summed E-state index contributed by atoms with van der Waals surface area (Å²) in [7, 11) is -0.710. The van der Waals surface area contributed by atoms with E-state index in [2.05, 4.69) is 46.8 Å². The van der Waals surface area contributed by atoms with Gasteiger partial charge in [-0.15, -0.1) is 24.0 Å². The second kappa shape index (κ2) is 11.7. The number of nitrogens with one attached hydrogen (secondary N) is 2. The lowest BCUT2D eigenvalue weighted by molar-refractivity contribution is 0.413. The van der Waals surface area contributed by atoms with Crippen molar-refractivity contribution in [2.75, 3.05) is 12.3 Å². The zero-order chi connectivity index (χ0) is 19.1. The van der Waals surface area contributed by atoms with Gasteiger partial charge in [0, 0.05) is 46.0 Å². The monoisotopic (exact) mass is 514 g/mol. The molecule has 1 fully saturated rings. The van der Waals surface area contributed by atoms with Crippen molar-refractivity contribution in [3.63, 3.8) is 0 Å². The standard InChI is InChI=1S/C21H30N4OS.HI/c1-3-22-21(25-18-11-6-12-19(14-18)27(26)4-2)24-15-17-9-5-8-16-10-7-13-23-20(16)17;/h5,7-10,13,18-19H,3-4,6,11-12,14-15H2,1-2H3,(H2,22,24,25);1H. The molecule has 0 radical (unpaired) electrons. The van der Waals surface area contributed by atoms with Gasteiger partial charge in [-0.3, -0.25) is 9.19 Å². The van der Waals surface area contributed by atoms with Crippen LogP contribution in [0.25, 0.3) is 10.9 Å². The summed E-state index contributed by atoms with van der Waals surface area (Å²) >= 11 is 0. The van der Waals surface area contributed by atoms with Crippen molar-refractivity contribution >= 4 is 51.6 Å². The Kier molecular flexibility index (Phi) is 9.64. The van der Waals surface area contributed by atoms with Gasteiger partial charge in [-0.1, -0.05) is 37.6 Å². The van der Waals surface area contributed by atoms with E-state index in [4.69, 9.17) is 4.99 Å². The first kappa shape index (κ1) is 23.1. The van der Waals surface area contributed by atoms with Crippen LogP contribution in [0.4, 0.5) is 0 Å². The van der Waals surface area contributed by atoms with Gasteiger partial charge in [-0.05, 0) is 37.8 Å². The summed E-state index contributed by atoms with van der Waals surface area (Å²) in [5.41, 5.74) is 2.13. The maximum Gasteiger partial charge on any atom is 0.191 e. The molecule has 0 amide bonds. The predicted octanol–water partition coefficient (Wildman–Crippen LogP) is 3.99. The normalized spacial score (nSPS) is 21.0. The van der Waals surface area contributed by atoms with E-state index in [-0.39, 0.29) is 24.0 Å². The van der Waals surface area contributed by atoms with Crippen LogP contribution >= 0.6 is 24.0 Å². The average Bonchev–Trinajstić information content (AvgIpc) is 2.71. The molecule has 1 aliphatic carbocycles. The SMILES string of the molecule is CCNC(=NCc1cccc2cccnc12)NC1CCCC(S(=O)CC)C1.I. The van der Waals surface area contributed by atoms with E-state index in [1.54, 1.807) is 0 Å². The zero-order valence-electron chi connectivity index (χ0n) is 16.7. The Morgan fingerprint density at radius 2 is 2.07 bits per heavy atom. The van der Waals surface area contributed by atoms with Crippen LogP contribution in [0.15, 0.2) is 41.5 Å². The van der Waals surface area contributed by atoms with Gasteiger partial charge in [-0.25, -0.2) is 4.99 Å². The van der Waals surface area contributed by atoms with Gasteiger partial charge < -0.3 is 10.6 Å². The van der Waals surface area contributed by atoms with E-state index in [1.807, 2.05) is 19.2 Å². The highest BCUT2D eigenvalue weighted by atomic mass is 127. The topological polar surface area (TPSA) is 66.4 Å². The number of halogens is 1. The van der Waals surface area contributed by atoms with E-state index in [9.17, 15) is 4.21 Å². The molecule has 1 aliphatic rings. The van der Waals surface area contributed by atoms with Crippen molar-refractivity contribution in [1.82, 2.24) is 15.6 Å². The number of para-hydroxylation sites is 1. The summed E-state index contributed by atoms with van der Waals surface area (Å²) < 4.78 is 12.2. The second-order valence-corrected chi connectivity index (χ2v) is 8.99. The third-order valence-corrected chi connectivity index (χ3v) is 6.83. The van der Waals surface area contributed by atoms with Crippen LogP contribution in [0, 0.1) is 0 Å². The van der Waals surface area contributed by atoms with Crippen molar-refractivity contribution in [1.29, 1.82) is 0 Å². The largest absolute Gasteiger partial charge is 0.357 e. The third kappa shape index (κ3) is 6.14. The van der Waals surface area contributed by atoms with Gasteiger partial charge >= 0.3 is 0 Å². The molecule has 3 unspecified atom stereocenters. The first-order valence-corrected chi connectivity index (χ1v) is 11.3. The lowest BCUT2D eigenvalue weighted by atomic mass is 9.95. The molecule has 1 aromatic heterocycles. The number of benzene rings is 1. The van der Waals surface area contributed by atoms with Crippen LogP contribution in [0.2, 0.25) is 0 Å². The summed E-state index contributed by atoms with van der Waals surface area (Å²) in [4.78, 5) is 9.31. The highest BCUT2D eigenvalue weighted by Gasteiger charge is 2.26. The van der Waals surface area contributed by atoms with Gasteiger partial charge in [-0.2, -0.15) is 0 Å². The Bertz CT molecular complexity index is 809. The predicted molar refractivity (Wildman–Crippen MR) is 130 cm³/mol. The minimum atomic E-state index is -0.710. The molecule has 3 rings (SSSR count). The maximum absolute atomic E-state index is 12.2. The first-order valence-electron chi connectivity index (χ1n) is 9.96. The smallest absolute Gasteiger partial charge is 0.191 e. The molecule has 1 saturated carbocycles. The number of guanidine groups is 1. The molecule has 154 valence electrons. The average molecular weight is 514 g/mol. The fraction of sp³-hybridized carbons (Fsp3) is 0.524. The molecule has 2 aromatic rings. The fourth-order valence-corrected chi connectivity index (χ4v) is 5.07. The highest BCUT2D eigenvalue weighted by Crippen LogP contribution is 2.23. The van der Waals surface area contributed by atoms with E-state index in [0.29, 0.717) is 17.8 Å². The molecule has 3 atom stereocenters. The van der Waals surface area contributed by atoms with Crippen LogP contribution in [0.3, 0.4) is 0 Å². The van der Waals surface area contributed by atoms with E-state index in [0.717, 1.165) is 60.4 Å². The zero-order valence-corrected chi connectivity index (χ0v) is 19.8. The fourth-order valence-electron chi connectivity index (χ4n) is 3.72. The molecule has 0 bridgehead atoms. The Balaban J connectivity index is 0.00000280. The molecule has 0 spiro atoms. The van der Waals surface area contributed by atoms with Crippen LogP contribution in [0.1, 0.15) is 45.1 Å². The molecule has 1 heterocycles. The molecular weight excluding hydrogens is 483 g/mol. The third-order valence-electron chi connectivity index (χ3n) is 5.09. The van der Waals surface area contributed by atoms with Crippen molar-refractivity contribution in [3.05, 3.63) is 42.1 Å². The molecule has 2 N–H and O–H groups in total. The quantitative estimate of drug-likeness (QED) is 0.348. The summed E-state index contributed by atoms with van der Waals surface area (Å²) in [6.07, 6.45) is 6.10. The molecule has 1 aromatic carbocycles. The number of hydrogen-bond acceptors (Lipinski definition) is 3. The molecule has 5 nitrogen and oxygen atoms in total. The van der Waals surface area contributed by atoms with Crippen LogP contribution < -0.4 is 10.6 Å². The van der Waals surface area contributed by atoms with Crippen molar-refractivity contribution < 1.29 is 4.21 Å². The van der Waals surface area contributed by atoms with E-state index < -0.39 is 10.8 Å². The number of rotatable bonds is 6. The minimum absolute atomic E-state index is 0. The second-order valence-electron chi connectivity index (χ2n) is 6.99. The van der Waals surface area contributed by atoms with Gasteiger partial charge in [0.2, 0.25) is 0 Å². The van der Waals surface area contributed by atoms with Crippen LogP contribution in [0.5, 0.6) is 0 Å². The first-order chi connectivity index (χ1) is 13.2. The highest BCUT2D eigenvalue weighted by molar-refractivity contribution is 14.0. The van der Waals surface area contributed by atoms with Crippen molar-refractivity contribution in [2.24, 2.45) is 4.99 Å². The van der Waals surface area contributed by atoms with Gasteiger partial charge in [0.25, 0.3) is 0 Å². The number of hydrogen-bond donors (Lipinski definition) is 2. The number of fused-ring (bicyclic) bond motifs is 1. The van der Waals surface area contributed by atoms with E-state index >= 15 is 0 Å². The minimum Gasteiger partial charge on any atom is -0.357 e. The van der Waals surface area contributed by atoms with Crippen molar-refractivity contribution in [2.45, 2.75) is 57.4 Å². The molecule has 0 aliphatic heterocycles. The summed E-state index contributed by atoms with van der Waals surface area (Å²) in [5.74, 6) is 1.58. The Hall–Kier alpha value is -1.22. The summed E-state index contributed by atoms with van der Waals surface area (Å²) in [6, 6.07) is 10.6. The van der Waals surface area contributed by atoms with Crippen molar-refractivity contribution in [3.8, 4) is 0 Å². The lowest BCUT2D eigenvalue weighted by Gasteiger charge is -2.30. The van der Waals surface area contributed by atoms with Gasteiger partial charge in [0.1, 0.15) is 0 Å². The summed E-state index contributed by atoms with van der Waals surface area (Å²) in [5, 5.41) is 8.37. The molecule has 0 saturated heterocycles. The number of aromatic nitrogens is 1.